The van der Waals surface area contributed by atoms with E-state index in [4.69, 9.17) is 5.11 Å². The van der Waals surface area contributed by atoms with Crippen LogP contribution in [0.2, 0.25) is 0 Å². The van der Waals surface area contributed by atoms with Crippen molar-refractivity contribution < 1.29 is 23.1 Å². The van der Waals surface area contributed by atoms with Gasteiger partial charge in [-0.05, 0) is 24.1 Å². The van der Waals surface area contributed by atoms with Gasteiger partial charge in [-0.1, -0.05) is 30.3 Å². The van der Waals surface area contributed by atoms with Gasteiger partial charge in [0, 0.05) is 12.2 Å². The lowest BCUT2D eigenvalue weighted by molar-refractivity contribution is -0.140. The van der Waals surface area contributed by atoms with Gasteiger partial charge in [0.1, 0.15) is 6.04 Å². The first-order valence-electron chi connectivity index (χ1n) is 7.38. The predicted octanol–water partition coefficient (Wildman–Crippen LogP) is 1.84. The molecule has 0 radical (unpaired) electrons. The molecule has 1 saturated heterocycles. The summed E-state index contributed by atoms with van der Waals surface area (Å²) in [6.07, 6.45) is 1.55. The first kappa shape index (κ1) is 18.7. The third-order valence-electron chi connectivity index (χ3n) is 3.69. The summed E-state index contributed by atoms with van der Waals surface area (Å²) in [4.78, 5) is 23.3. The van der Waals surface area contributed by atoms with E-state index in [9.17, 15) is 18.0 Å². The number of sulfonamides is 1. The Morgan fingerprint density at radius 2 is 2.00 bits per heavy atom. The largest absolute Gasteiger partial charge is 0.480 e. The Bertz CT molecular complexity index is 743. The van der Waals surface area contributed by atoms with Crippen molar-refractivity contribution in [3.05, 3.63) is 41.5 Å². The molecule has 2 rings (SSSR count). The molecule has 24 heavy (non-hydrogen) atoms. The molecule has 1 aliphatic heterocycles. The van der Waals surface area contributed by atoms with E-state index in [1.54, 1.807) is 13.0 Å². The molecule has 1 N–H and O–H groups in total. The number of carbonyl (C=O) groups excluding carboxylic acids is 1. The van der Waals surface area contributed by atoms with Crippen molar-refractivity contribution in [3.63, 3.8) is 0 Å². The van der Waals surface area contributed by atoms with Crippen molar-refractivity contribution in [3.8, 4) is 0 Å². The standard InChI is InChI=1S/C16H19NO5S2/c1-12(9-13-5-3-2-4-6-13)15(18)7-8-24(21,22)17-11-23-10-14(17)16(19)20/h2-6,9,14H,7-8,10-11H2,1H3,(H,19,20). The fraction of sp³-hybridized carbons (Fsp3) is 0.375. The molecule has 6 nitrogen and oxygen atoms in total. The van der Waals surface area contributed by atoms with Gasteiger partial charge in [0.15, 0.2) is 5.78 Å². The second-order valence-corrected chi connectivity index (χ2v) is 8.51. The molecule has 0 aromatic heterocycles. The number of hydrogen-bond donors (Lipinski definition) is 1. The van der Waals surface area contributed by atoms with E-state index in [0.717, 1.165) is 9.87 Å². The molecule has 0 amide bonds. The summed E-state index contributed by atoms with van der Waals surface area (Å²) in [6, 6.07) is 8.24. The molecule has 1 heterocycles. The SMILES string of the molecule is CC(=Cc1ccccc1)C(=O)CCS(=O)(=O)N1CSCC1C(=O)O. The molecule has 1 aromatic rings. The third-order valence-corrected chi connectivity index (χ3v) is 6.69. The van der Waals surface area contributed by atoms with Gasteiger partial charge in [0.25, 0.3) is 0 Å². The summed E-state index contributed by atoms with van der Waals surface area (Å²) in [5.74, 6) is -1.45. The van der Waals surface area contributed by atoms with E-state index in [-0.39, 0.29) is 29.6 Å². The average molecular weight is 369 g/mol. The van der Waals surface area contributed by atoms with Gasteiger partial charge in [-0.25, -0.2) is 8.42 Å². The lowest BCUT2D eigenvalue weighted by Crippen LogP contribution is -2.43. The van der Waals surface area contributed by atoms with E-state index < -0.39 is 22.0 Å². The van der Waals surface area contributed by atoms with E-state index in [2.05, 4.69) is 0 Å². The molecule has 1 aliphatic rings. The second kappa shape index (κ2) is 7.96. The maximum Gasteiger partial charge on any atom is 0.322 e. The molecule has 0 aliphatic carbocycles. The minimum absolute atomic E-state index is 0.117. The average Bonchev–Trinajstić information content (AvgIpc) is 3.04. The van der Waals surface area contributed by atoms with Crippen LogP contribution in [0.15, 0.2) is 35.9 Å². The van der Waals surface area contributed by atoms with Crippen LogP contribution in [0, 0.1) is 0 Å². The summed E-state index contributed by atoms with van der Waals surface area (Å²) in [6.45, 7) is 1.65. The highest BCUT2D eigenvalue weighted by Crippen LogP contribution is 2.25. The number of rotatable bonds is 7. The van der Waals surface area contributed by atoms with Crippen LogP contribution in [0.5, 0.6) is 0 Å². The van der Waals surface area contributed by atoms with E-state index in [0.29, 0.717) is 5.57 Å². The molecule has 0 bridgehead atoms. The summed E-state index contributed by atoms with van der Waals surface area (Å²) in [7, 11) is -3.77. The highest BCUT2D eigenvalue weighted by molar-refractivity contribution is 8.00. The molecule has 1 aromatic carbocycles. The Kier molecular flexibility index (Phi) is 6.20. The fourth-order valence-electron chi connectivity index (χ4n) is 2.31. The zero-order valence-corrected chi connectivity index (χ0v) is 14.8. The van der Waals surface area contributed by atoms with Crippen molar-refractivity contribution in [2.45, 2.75) is 19.4 Å². The van der Waals surface area contributed by atoms with Crippen molar-refractivity contribution >= 4 is 39.6 Å². The smallest absolute Gasteiger partial charge is 0.322 e. The van der Waals surface area contributed by atoms with Gasteiger partial charge < -0.3 is 5.11 Å². The summed E-state index contributed by atoms with van der Waals surface area (Å²) < 4.78 is 25.6. The van der Waals surface area contributed by atoms with Crippen LogP contribution in [-0.4, -0.2) is 53.0 Å². The molecule has 8 heteroatoms. The highest BCUT2D eigenvalue weighted by atomic mass is 32.2. The van der Waals surface area contributed by atoms with Crippen LogP contribution in [0.1, 0.15) is 18.9 Å². The van der Waals surface area contributed by atoms with E-state index in [1.807, 2.05) is 30.3 Å². The molecule has 0 spiro atoms. The molecule has 1 atom stereocenters. The van der Waals surface area contributed by atoms with Gasteiger partial charge in [0.2, 0.25) is 10.0 Å². The second-order valence-electron chi connectivity index (χ2n) is 5.47. The predicted molar refractivity (Wildman–Crippen MR) is 94.1 cm³/mol. The highest BCUT2D eigenvalue weighted by Gasteiger charge is 2.39. The van der Waals surface area contributed by atoms with Crippen LogP contribution in [-0.2, 0) is 19.6 Å². The lowest BCUT2D eigenvalue weighted by Gasteiger charge is -2.19. The van der Waals surface area contributed by atoms with Crippen LogP contribution in [0.4, 0.5) is 0 Å². The number of hydrogen-bond acceptors (Lipinski definition) is 5. The van der Waals surface area contributed by atoms with Crippen LogP contribution < -0.4 is 0 Å². The quantitative estimate of drug-likeness (QED) is 0.738. The van der Waals surface area contributed by atoms with Gasteiger partial charge in [-0.3, -0.25) is 9.59 Å². The molecule has 1 unspecified atom stereocenters. The summed E-state index contributed by atoms with van der Waals surface area (Å²) in [5, 5.41) is 9.08. The Morgan fingerprint density at radius 1 is 1.33 bits per heavy atom. The number of benzene rings is 1. The Morgan fingerprint density at radius 3 is 2.62 bits per heavy atom. The maximum atomic E-state index is 12.3. The topological polar surface area (TPSA) is 91.8 Å². The zero-order chi connectivity index (χ0) is 17.7. The summed E-state index contributed by atoms with van der Waals surface area (Å²) in [5.41, 5.74) is 1.34. The van der Waals surface area contributed by atoms with Gasteiger partial charge >= 0.3 is 5.97 Å². The molecule has 130 valence electrons. The number of allylic oxidation sites excluding steroid dienone is 1. The van der Waals surface area contributed by atoms with Crippen LogP contribution >= 0.6 is 11.8 Å². The zero-order valence-electron chi connectivity index (χ0n) is 13.2. The Hall–Kier alpha value is -1.64. The lowest BCUT2D eigenvalue weighted by atomic mass is 10.1. The van der Waals surface area contributed by atoms with Crippen LogP contribution in [0.3, 0.4) is 0 Å². The normalized spacial score (nSPS) is 19.4. The first-order valence-corrected chi connectivity index (χ1v) is 10.1. The Balaban J connectivity index is 2.00. The van der Waals surface area contributed by atoms with Crippen molar-refractivity contribution in [2.24, 2.45) is 0 Å². The van der Waals surface area contributed by atoms with Crippen molar-refractivity contribution in [2.75, 3.05) is 17.4 Å². The number of carbonyl (C=O) groups is 2. The van der Waals surface area contributed by atoms with Crippen LogP contribution in [0.25, 0.3) is 6.08 Å². The molecule has 1 fully saturated rings. The van der Waals surface area contributed by atoms with Crippen molar-refractivity contribution in [1.82, 2.24) is 4.31 Å². The minimum atomic E-state index is -3.77. The molecular weight excluding hydrogens is 350 g/mol. The first-order chi connectivity index (χ1) is 11.3. The van der Waals surface area contributed by atoms with Gasteiger partial charge in [0.05, 0.1) is 11.6 Å². The van der Waals surface area contributed by atoms with Crippen molar-refractivity contribution in [1.29, 1.82) is 0 Å². The fourth-order valence-corrected chi connectivity index (χ4v) is 5.51. The number of thioether (sulfide) groups is 1. The van der Waals surface area contributed by atoms with Gasteiger partial charge in [-0.15, -0.1) is 11.8 Å². The third kappa shape index (κ3) is 4.68. The number of carboxylic acids is 1. The maximum absolute atomic E-state index is 12.3. The number of ketones is 1. The number of carboxylic acid groups (broad SMARTS) is 1. The minimum Gasteiger partial charge on any atom is -0.480 e. The van der Waals surface area contributed by atoms with E-state index in [1.165, 1.54) is 11.8 Å². The Labute approximate surface area is 145 Å². The van der Waals surface area contributed by atoms with Gasteiger partial charge in [-0.2, -0.15) is 4.31 Å². The number of nitrogens with zero attached hydrogens (tertiary/aromatic N) is 1. The number of Topliss-reactive ketones (excluding diaryl/α,β-unsaturated/α-hetero) is 1. The summed E-state index contributed by atoms with van der Waals surface area (Å²) >= 11 is 1.26. The van der Waals surface area contributed by atoms with E-state index >= 15 is 0 Å². The molecular formula is C16H19NO5S2. The number of aliphatic carboxylic acids is 1. The monoisotopic (exact) mass is 369 g/mol. The molecule has 0 saturated carbocycles.